The van der Waals surface area contributed by atoms with E-state index in [1.165, 1.54) is 12.1 Å². The van der Waals surface area contributed by atoms with E-state index in [-0.39, 0.29) is 22.3 Å². The van der Waals surface area contributed by atoms with Crippen molar-refractivity contribution in [1.29, 1.82) is 0 Å². The van der Waals surface area contributed by atoms with Gasteiger partial charge in [0.1, 0.15) is 5.82 Å². The summed E-state index contributed by atoms with van der Waals surface area (Å²) in [5.74, 6) is -0.939. The summed E-state index contributed by atoms with van der Waals surface area (Å²) in [6, 6.07) is 3.88. The van der Waals surface area contributed by atoms with Crippen LogP contribution in [0.15, 0.2) is 24.4 Å². The predicted molar refractivity (Wildman–Crippen MR) is 66.8 cm³/mol. The molecule has 3 rings (SSSR count). The lowest BCUT2D eigenvalue weighted by Gasteiger charge is -2.26. The molecule has 0 aliphatic carbocycles. The largest absolute Gasteiger partial charge is 0.312 e. The van der Waals surface area contributed by atoms with Crippen LogP contribution < -0.4 is 5.32 Å². The first-order chi connectivity index (χ1) is 9.15. The number of hydrogen-bond acceptors (Lipinski definition) is 4. The van der Waals surface area contributed by atoms with Crippen molar-refractivity contribution in [2.24, 2.45) is 0 Å². The minimum Gasteiger partial charge on any atom is -0.312 e. The third-order valence-electron chi connectivity index (χ3n) is 3.05. The molecule has 1 N–H and O–H groups in total. The number of ketones is 1. The smallest absolute Gasteiger partial charge is 0.216 e. The maximum atomic E-state index is 13.2. The summed E-state index contributed by atoms with van der Waals surface area (Å²) in [4.78, 5) is 12.2. The highest BCUT2D eigenvalue weighted by atomic mass is 35.5. The summed E-state index contributed by atoms with van der Waals surface area (Å²) in [5.41, 5.74) is 0.264. The summed E-state index contributed by atoms with van der Waals surface area (Å²) >= 11 is 5.90. The van der Waals surface area contributed by atoms with Gasteiger partial charge in [-0.1, -0.05) is 16.8 Å². The Bertz CT molecular complexity index is 638. The van der Waals surface area contributed by atoms with Crippen molar-refractivity contribution in [3.63, 3.8) is 0 Å². The van der Waals surface area contributed by atoms with E-state index in [4.69, 9.17) is 11.6 Å². The third kappa shape index (κ3) is 2.24. The standard InChI is InChI=1S/C12H10ClFN4O/c13-10-2-1-7(14)3-9(10)12(19)11-6-18(17-16-11)8-4-15-5-8/h1-3,6,8,15H,4-5H2. The number of carbonyl (C=O) groups is 1. The Kier molecular flexibility index (Phi) is 3.04. The van der Waals surface area contributed by atoms with Gasteiger partial charge < -0.3 is 5.32 Å². The molecule has 2 heterocycles. The minimum absolute atomic E-state index is 0.0976. The fraction of sp³-hybridized carbons (Fsp3) is 0.250. The number of carbonyl (C=O) groups excluding carboxylic acids is 1. The molecule has 0 bridgehead atoms. The van der Waals surface area contributed by atoms with Gasteiger partial charge in [0, 0.05) is 18.7 Å². The van der Waals surface area contributed by atoms with Crippen molar-refractivity contribution < 1.29 is 9.18 Å². The first kappa shape index (κ1) is 12.3. The van der Waals surface area contributed by atoms with Crippen molar-refractivity contribution in [3.05, 3.63) is 46.5 Å². The van der Waals surface area contributed by atoms with E-state index >= 15 is 0 Å². The Morgan fingerprint density at radius 1 is 1.47 bits per heavy atom. The van der Waals surface area contributed by atoms with Gasteiger partial charge in [0.25, 0.3) is 0 Å². The van der Waals surface area contributed by atoms with Crippen LogP contribution in [0, 0.1) is 5.82 Å². The highest BCUT2D eigenvalue weighted by Gasteiger charge is 2.23. The van der Waals surface area contributed by atoms with Gasteiger partial charge in [-0.05, 0) is 18.2 Å². The van der Waals surface area contributed by atoms with Gasteiger partial charge in [0.2, 0.25) is 5.78 Å². The first-order valence-electron chi connectivity index (χ1n) is 5.77. The second-order valence-electron chi connectivity index (χ2n) is 4.35. The van der Waals surface area contributed by atoms with E-state index in [9.17, 15) is 9.18 Å². The zero-order chi connectivity index (χ0) is 13.4. The number of nitrogens with zero attached hydrogens (tertiary/aromatic N) is 3. The van der Waals surface area contributed by atoms with Crippen LogP contribution in [0.2, 0.25) is 5.02 Å². The highest BCUT2D eigenvalue weighted by molar-refractivity contribution is 6.34. The van der Waals surface area contributed by atoms with Crippen LogP contribution in [0.4, 0.5) is 4.39 Å². The van der Waals surface area contributed by atoms with Gasteiger partial charge in [-0.25, -0.2) is 9.07 Å². The maximum Gasteiger partial charge on any atom is 0.216 e. The Hall–Kier alpha value is -1.79. The molecule has 0 unspecified atom stereocenters. The first-order valence-corrected chi connectivity index (χ1v) is 6.15. The van der Waals surface area contributed by atoms with E-state index in [1.807, 2.05) is 0 Å². The van der Waals surface area contributed by atoms with Crippen molar-refractivity contribution in [1.82, 2.24) is 20.3 Å². The van der Waals surface area contributed by atoms with Gasteiger partial charge in [-0.15, -0.1) is 5.10 Å². The molecule has 0 amide bonds. The fourth-order valence-corrected chi connectivity index (χ4v) is 2.03. The average Bonchev–Trinajstić information content (AvgIpc) is 2.78. The fourth-order valence-electron chi connectivity index (χ4n) is 1.83. The Morgan fingerprint density at radius 3 is 2.95 bits per heavy atom. The Morgan fingerprint density at radius 2 is 2.26 bits per heavy atom. The number of rotatable bonds is 3. The van der Waals surface area contributed by atoms with Crippen LogP contribution in [0.1, 0.15) is 22.1 Å². The number of nitrogens with one attached hydrogen (secondary N) is 1. The molecule has 1 fully saturated rings. The second-order valence-corrected chi connectivity index (χ2v) is 4.76. The van der Waals surface area contributed by atoms with E-state index in [2.05, 4.69) is 15.6 Å². The van der Waals surface area contributed by atoms with E-state index in [1.54, 1.807) is 10.9 Å². The van der Waals surface area contributed by atoms with Crippen LogP contribution in [0.25, 0.3) is 0 Å². The molecule has 1 aliphatic rings. The lowest BCUT2D eigenvalue weighted by molar-refractivity contribution is 0.103. The van der Waals surface area contributed by atoms with E-state index in [0.717, 1.165) is 19.2 Å². The van der Waals surface area contributed by atoms with Gasteiger partial charge in [0.15, 0.2) is 5.69 Å². The quantitative estimate of drug-likeness (QED) is 0.865. The Balaban J connectivity index is 1.90. The van der Waals surface area contributed by atoms with Crippen LogP contribution >= 0.6 is 11.6 Å². The van der Waals surface area contributed by atoms with Crippen molar-refractivity contribution in [2.45, 2.75) is 6.04 Å². The van der Waals surface area contributed by atoms with Crippen LogP contribution in [0.3, 0.4) is 0 Å². The van der Waals surface area contributed by atoms with Crippen LogP contribution in [-0.4, -0.2) is 33.9 Å². The lowest BCUT2D eigenvalue weighted by Crippen LogP contribution is -2.43. The molecule has 1 aliphatic heterocycles. The third-order valence-corrected chi connectivity index (χ3v) is 3.38. The molecule has 1 aromatic heterocycles. The van der Waals surface area contributed by atoms with E-state index < -0.39 is 11.6 Å². The Labute approximate surface area is 113 Å². The molecular weight excluding hydrogens is 271 g/mol. The molecule has 0 saturated carbocycles. The van der Waals surface area contributed by atoms with Crippen molar-refractivity contribution in [2.75, 3.05) is 13.1 Å². The summed E-state index contributed by atoms with van der Waals surface area (Å²) in [6.07, 6.45) is 1.56. The second kappa shape index (κ2) is 4.71. The minimum atomic E-state index is -0.511. The monoisotopic (exact) mass is 280 g/mol. The zero-order valence-corrected chi connectivity index (χ0v) is 10.6. The van der Waals surface area contributed by atoms with Crippen LogP contribution in [-0.2, 0) is 0 Å². The summed E-state index contributed by atoms with van der Waals surface area (Å²) in [7, 11) is 0. The van der Waals surface area contributed by atoms with Gasteiger partial charge in [-0.2, -0.15) is 0 Å². The SMILES string of the molecule is O=C(c1cn(C2CNC2)nn1)c1cc(F)ccc1Cl. The van der Waals surface area contributed by atoms with E-state index in [0.29, 0.717) is 0 Å². The van der Waals surface area contributed by atoms with Gasteiger partial charge >= 0.3 is 0 Å². The molecule has 0 spiro atoms. The van der Waals surface area contributed by atoms with Crippen molar-refractivity contribution in [3.8, 4) is 0 Å². The van der Waals surface area contributed by atoms with Gasteiger partial charge in [0.05, 0.1) is 17.3 Å². The molecule has 5 nitrogen and oxygen atoms in total. The number of halogens is 2. The molecule has 0 radical (unpaired) electrons. The molecule has 7 heteroatoms. The predicted octanol–water partition coefficient (Wildman–Crippen LogP) is 1.45. The van der Waals surface area contributed by atoms with Crippen molar-refractivity contribution >= 4 is 17.4 Å². The number of aromatic nitrogens is 3. The number of benzene rings is 1. The summed E-state index contributed by atoms with van der Waals surface area (Å²) < 4.78 is 14.8. The van der Waals surface area contributed by atoms with Gasteiger partial charge in [-0.3, -0.25) is 4.79 Å². The molecular formula is C12H10ClFN4O. The average molecular weight is 281 g/mol. The lowest BCUT2D eigenvalue weighted by atomic mass is 10.1. The molecule has 19 heavy (non-hydrogen) atoms. The van der Waals surface area contributed by atoms with Crippen LogP contribution in [0.5, 0.6) is 0 Å². The molecule has 0 atom stereocenters. The maximum absolute atomic E-state index is 13.2. The number of hydrogen-bond donors (Lipinski definition) is 1. The molecule has 1 saturated heterocycles. The molecule has 98 valence electrons. The highest BCUT2D eigenvalue weighted by Crippen LogP contribution is 2.20. The normalized spacial score (nSPS) is 15.3. The zero-order valence-electron chi connectivity index (χ0n) is 9.81. The molecule has 1 aromatic carbocycles. The summed E-state index contributed by atoms with van der Waals surface area (Å²) in [6.45, 7) is 1.61. The topological polar surface area (TPSA) is 59.8 Å². The summed E-state index contributed by atoms with van der Waals surface area (Å²) in [5, 5.41) is 11.0. The molecule has 2 aromatic rings.